The number of nitrogens with one attached hydrogen (secondary N) is 2. The summed E-state index contributed by atoms with van der Waals surface area (Å²) in [5, 5.41) is 5.09. The minimum atomic E-state index is -3.36. The number of sulfonamides is 1. The maximum absolute atomic E-state index is 11.9. The predicted octanol–water partition coefficient (Wildman–Crippen LogP) is 1.45. The summed E-state index contributed by atoms with van der Waals surface area (Å²) in [6, 6.07) is 7.14. The maximum Gasteiger partial charge on any atom is 0.234 e. The summed E-state index contributed by atoms with van der Waals surface area (Å²) in [4.78, 5) is 0. The summed E-state index contributed by atoms with van der Waals surface area (Å²) in [6.45, 7) is 1.83. The first kappa shape index (κ1) is 13.1. The van der Waals surface area contributed by atoms with E-state index < -0.39 is 10.0 Å². The fraction of sp³-hybridized carbons (Fsp3) is 0.385. The predicted molar refractivity (Wildman–Crippen MR) is 76.2 cm³/mol. The summed E-state index contributed by atoms with van der Waals surface area (Å²) in [5.41, 5.74) is 0.812. The van der Waals surface area contributed by atoms with Crippen LogP contribution in [0.5, 0.6) is 0 Å². The summed E-state index contributed by atoms with van der Waals surface area (Å²) < 4.78 is 26.5. The Balaban J connectivity index is 1.63. The number of fused-ring (bicyclic) bond motifs is 1. The first-order valence-corrected chi connectivity index (χ1v) is 8.14. The molecule has 102 valence electrons. The number of halogens is 1. The molecule has 0 radical (unpaired) electrons. The van der Waals surface area contributed by atoms with Crippen molar-refractivity contribution in [1.82, 2.24) is 10.0 Å². The zero-order valence-corrected chi connectivity index (χ0v) is 11.8. The smallest absolute Gasteiger partial charge is 0.234 e. The summed E-state index contributed by atoms with van der Waals surface area (Å²) >= 11 is 5.77. The van der Waals surface area contributed by atoms with Crippen molar-refractivity contribution >= 4 is 27.7 Å². The molecule has 2 aliphatic rings. The Morgan fingerprint density at radius 1 is 1.21 bits per heavy atom. The molecule has 0 spiro atoms. The number of hydrogen-bond acceptors (Lipinski definition) is 3. The minimum absolute atomic E-state index is 0.112. The average molecular weight is 299 g/mol. The fourth-order valence-corrected chi connectivity index (χ4v) is 3.83. The standard InChI is InChI=1S/C13H15ClN2O2S/c14-10-3-1-9(2-4-10)5-6-19(17,18)16-13-11-7-15-8-12(11)13/h1-6,11-13,15-16H,7-8H2/b6-5+. The lowest BCUT2D eigenvalue weighted by atomic mass is 10.2. The minimum Gasteiger partial charge on any atom is -0.316 e. The Morgan fingerprint density at radius 2 is 1.84 bits per heavy atom. The van der Waals surface area contributed by atoms with E-state index in [1.54, 1.807) is 30.3 Å². The second kappa shape index (κ2) is 4.90. The van der Waals surface area contributed by atoms with Crippen LogP contribution < -0.4 is 10.0 Å². The first-order chi connectivity index (χ1) is 9.05. The van der Waals surface area contributed by atoms with Crippen LogP contribution in [0.2, 0.25) is 5.02 Å². The number of rotatable bonds is 4. The van der Waals surface area contributed by atoms with E-state index in [0.717, 1.165) is 18.7 Å². The van der Waals surface area contributed by atoms with E-state index >= 15 is 0 Å². The van der Waals surface area contributed by atoms with Crippen LogP contribution in [-0.4, -0.2) is 27.5 Å². The molecule has 0 aromatic heterocycles. The molecule has 2 fully saturated rings. The second-order valence-corrected chi connectivity index (χ2v) is 7.06. The highest BCUT2D eigenvalue weighted by molar-refractivity contribution is 7.92. The highest BCUT2D eigenvalue weighted by Crippen LogP contribution is 2.42. The van der Waals surface area contributed by atoms with Gasteiger partial charge in [0.05, 0.1) is 0 Å². The van der Waals surface area contributed by atoms with E-state index in [1.807, 2.05) is 0 Å². The van der Waals surface area contributed by atoms with Crippen LogP contribution in [0.25, 0.3) is 6.08 Å². The van der Waals surface area contributed by atoms with E-state index in [9.17, 15) is 8.42 Å². The third-order valence-electron chi connectivity index (χ3n) is 3.70. The second-order valence-electron chi connectivity index (χ2n) is 5.03. The largest absolute Gasteiger partial charge is 0.316 e. The summed E-state index contributed by atoms with van der Waals surface area (Å²) in [6.07, 6.45) is 1.58. The molecule has 2 N–H and O–H groups in total. The van der Waals surface area contributed by atoms with Crippen LogP contribution >= 0.6 is 11.6 Å². The van der Waals surface area contributed by atoms with Gasteiger partial charge in [-0.15, -0.1) is 0 Å². The van der Waals surface area contributed by atoms with Crippen LogP contribution in [0, 0.1) is 11.8 Å². The molecule has 2 atom stereocenters. The van der Waals surface area contributed by atoms with Crippen molar-refractivity contribution in [3.8, 4) is 0 Å². The van der Waals surface area contributed by atoms with Crippen molar-refractivity contribution in [2.45, 2.75) is 6.04 Å². The molecule has 6 heteroatoms. The third kappa shape index (κ3) is 3.00. The zero-order chi connectivity index (χ0) is 13.5. The van der Waals surface area contributed by atoms with Gasteiger partial charge in [-0.25, -0.2) is 13.1 Å². The first-order valence-electron chi connectivity index (χ1n) is 6.22. The maximum atomic E-state index is 11.9. The van der Waals surface area contributed by atoms with Gasteiger partial charge in [0, 0.05) is 16.5 Å². The molecular formula is C13H15ClN2O2S. The Kier molecular flexibility index (Phi) is 3.39. The van der Waals surface area contributed by atoms with Crippen molar-refractivity contribution < 1.29 is 8.42 Å². The lowest BCUT2D eigenvalue weighted by molar-refractivity contribution is 0.574. The Labute approximate surface area is 117 Å². The van der Waals surface area contributed by atoms with Gasteiger partial charge in [-0.1, -0.05) is 23.7 Å². The van der Waals surface area contributed by atoms with E-state index in [-0.39, 0.29) is 6.04 Å². The van der Waals surface area contributed by atoms with E-state index in [2.05, 4.69) is 10.0 Å². The van der Waals surface area contributed by atoms with Gasteiger partial charge in [0.15, 0.2) is 0 Å². The van der Waals surface area contributed by atoms with Crippen LogP contribution in [0.3, 0.4) is 0 Å². The lowest BCUT2D eigenvalue weighted by Crippen LogP contribution is -2.31. The number of hydrogen-bond donors (Lipinski definition) is 2. The highest BCUT2D eigenvalue weighted by Gasteiger charge is 2.54. The van der Waals surface area contributed by atoms with Gasteiger partial charge in [0.2, 0.25) is 10.0 Å². The van der Waals surface area contributed by atoms with Gasteiger partial charge in [0.1, 0.15) is 0 Å². The van der Waals surface area contributed by atoms with Gasteiger partial charge in [-0.05, 0) is 48.7 Å². The topological polar surface area (TPSA) is 58.2 Å². The Bertz CT molecular complexity index is 588. The molecule has 1 aromatic rings. The fourth-order valence-electron chi connectivity index (χ4n) is 2.56. The molecule has 1 saturated heterocycles. The third-order valence-corrected chi connectivity index (χ3v) is 5.05. The lowest BCUT2D eigenvalue weighted by Gasteiger charge is -2.05. The van der Waals surface area contributed by atoms with Crippen molar-refractivity contribution in [2.75, 3.05) is 13.1 Å². The molecule has 0 bridgehead atoms. The molecule has 1 saturated carbocycles. The Hall–Kier alpha value is -0.880. The molecule has 1 heterocycles. The molecule has 3 rings (SSSR count). The molecular weight excluding hydrogens is 284 g/mol. The SMILES string of the molecule is O=S(=O)(/C=C/c1ccc(Cl)cc1)NC1C2CNCC21. The van der Waals surface area contributed by atoms with Crippen molar-refractivity contribution in [3.63, 3.8) is 0 Å². The summed E-state index contributed by atoms with van der Waals surface area (Å²) in [7, 11) is -3.36. The van der Waals surface area contributed by atoms with Crippen LogP contribution in [0.15, 0.2) is 29.7 Å². The molecule has 19 heavy (non-hydrogen) atoms. The van der Waals surface area contributed by atoms with Crippen LogP contribution in [-0.2, 0) is 10.0 Å². The van der Waals surface area contributed by atoms with E-state index in [0.29, 0.717) is 16.9 Å². The zero-order valence-electron chi connectivity index (χ0n) is 10.2. The molecule has 1 aliphatic heterocycles. The average Bonchev–Trinajstić information content (AvgIpc) is 2.82. The van der Waals surface area contributed by atoms with Crippen molar-refractivity contribution in [1.29, 1.82) is 0 Å². The molecule has 1 aromatic carbocycles. The van der Waals surface area contributed by atoms with Crippen LogP contribution in [0.4, 0.5) is 0 Å². The molecule has 2 unspecified atom stereocenters. The highest BCUT2D eigenvalue weighted by atomic mass is 35.5. The normalized spacial score (nSPS) is 29.6. The van der Waals surface area contributed by atoms with Crippen molar-refractivity contribution in [2.24, 2.45) is 11.8 Å². The van der Waals surface area contributed by atoms with Gasteiger partial charge in [0.25, 0.3) is 0 Å². The summed E-state index contributed by atoms with van der Waals surface area (Å²) in [5.74, 6) is 0.942. The van der Waals surface area contributed by atoms with Gasteiger partial charge >= 0.3 is 0 Å². The van der Waals surface area contributed by atoms with E-state index in [4.69, 9.17) is 11.6 Å². The molecule has 1 aliphatic carbocycles. The molecule has 0 amide bonds. The quantitative estimate of drug-likeness (QED) is 0.884. The monoisotopic (exact) mass is 298 g/mol. The van der Waals surface area contributed by atoms with Crippen LogP contribution in [0.1, 0.15) is 5.56 Å². The molecule has 4 nitrogen and oxygen atoms in total. The van der Waals surface area contributed by atoms with Gasteiger partial charge in [-0.3, -0.25) is 0 Å². The number of benzene rings is 1. The van der Waals surface area contributed by atoms with E-state index in [1.165, 1.54) is 5.41 Å². The van der Waals surface area contributed by atoms with Gasteiger partial charge < -0.3 is 5.32 Å². The van der Waals surface area contributed by atoms with Gasteiger partial charge in [-0.2, -0.15) is 0 Å². The number of piperidine rings is 1. The van der Waals surface area contributed by atoms with Crippen molar-refractivity contribution in [3.05, 3.63) is 40.3 Å². The Morgan fingerprint density at radius 3 is 2.47 bits per heavy atom.